The van der Waals surface area contributed by atoms with E-state index in [0.29, 0.717) is 6.54 Å². The number of carbonyl (C=O) groups excluding carboxylic acids is 2. The van der Waals surface area contributed by atoms with Gasteiger partial charge in [-0.2, -0.15) is 0 Å². The van der Waals surface area contributed by atoms with Crippen molar-refractivity contribution in [2.24, 2.45) is 0 Å². The Morgan fingerprint density at radius 1 is 1.26 bits per heavy atom. The number of nitrogens with zero attached hydrogens (tertiary/aromatic N) is 1. The molecule has 0 radical (unpaired) electrons. The first-order chi connectivity index (χ1) is 9.13. The summed E-state index contributed by atoms with van der Waals surface area (Å²) in [5, 5.41) is 3.16. The fourth-order valence-corrected chi connectivity index (χ4v) is 2.23. The van der Waals surface area contributed by atoms with E-state index in [1.54, 1.807) is 0 Å². The smallest absolute Gasteiger partial charge is 0.255 e. The molecule has 0 saturated carbocycles. The van der Waals surface area contributed by atoms with Crippen LogP contribution in [0.15, 0.2) is 24.3 Å². The van der Waals surface area contributed by atoms with Crippen LogP contribution in [0.1, 0.15) is 17.2 Å². The van der Waals surface area contributed by atoms with Crippen molar-refractivity contribution < 1.29 is 14.3 Å². The lowest BCUT2D eigenvalue weighted by molar-refractivity contribution is -0.158. The number of ether oxygens (including phenoxy) is 1. The van der Waals surface area contributed by atoms with Crippen LogP contribution in [0.2, 0.25) is 0 Å². The van der Waals surface area contributed by atoms with Crippen molar-refractivity contribution in [3.05, 3.63) is 35.4 Å². The Morgan fingerprint density at radius 3 is 2.47 bits per heavy atom. The normalized spacial score (nSPS) is 17.7. The molecular weight excluding hydrogens is 244 g/mol. The van der Waals surface area contributed by atoms with Gasteiger partial charge in [0.05, 0.1) is 6.04 Å². The van der Waals surface area contributed by atoms with E-state index in [9.17, 15) is 9.59 Å². The summed E-state index contributed by atoms with van der Waals surface area (Å²) in [4.78, 5) is 24.7. The molecular formula is C14H18N2O3. The monoisotopic (exact) mass is 262 g/mol. The van der Waals surface area contributed by atoms with Gasteiger partial charge in [0, 0.05) is 6.54 Å². The van der Waals surface area contributed by atoms with E-state index in [2.05, 4.69) is 5.32 Å². The summed E-state index contributed by atoms with van der Waals surface area (Å²) in [6.07, 6.45) is 0. The molecule has 0 aliphatic carbocycles. The molecule has 1 aliphatic rings. The van der Waals surface area contributed by atoms with Gasteiger partial charge in [-0.3, -0.25) is 14.5 Å². The van der Waals surface area contributed by atoms with Crippen molar-refractivity contribution in [2.45, 2.75) is 13.0 Å². The maximum atomic E-state index is 11.7. The zero-order chi connectivity index (χ0) is 13.8. The third-order valence-corrected chi connectivity index (χ3v) is 3.33. The first-order valence-electron chi connectivity index (χ1n) is 6.27. The molecule has 1 heterocycles. The molecule has 19 heavy (non-hydrogen) atoms. The van der Waals surface area contributed by atoms with E-state index in [-0.39, 0.29) is 31.1 Å². The van der Waals surface area contributed by atoms with Crippen LogP contribution in [0, 0.1) is 6.92 Å². The van der Waals surface area contributed by atoms with Gasteiger partial charge in [-0.15, -0.1) is 0 Å². The number of likely N-dealkylation sites (N-methyl/N-ethyl adjacent to an activating group) is 1. The lowest BCUT2D eigenvalue weighted by Crippen LogP contribution is -2.49. The first-order valence-corrected chi connectivity index (χ1v) is 6.27. The van der Waals surface area contributed by atoms with Crippen LogP contribution in [0.3, 0.4) is 0 Å². The zero-order valence-electron chi connectivity index (χ0n) is 11.2. The van der Waals surface area contributed by atoms with Gasteiger partial charge in [0.25, 0.3) is 11.8 Å². The van der Waals surface area contributed by atoms with Crippen molar-refractivity contribution >= 4 is 11.8 Å². The van der Waals surface area contributed by atoms with Crippen LogP contribution in [0.25, 0.3) is 0 Å². The second kappa shape index (κ2) is 5.95. The fraction of sp³-hybridized carbons (Fsp3) is 0.429. The minimum Gasteiger partial charge on any atom is -0.362 e. The number of nitrogens with one attached hydrogen (secondary N) is 1. The van der Waals surface area contributed by atoms with E-state index in [0.717, 1.165) is 11.1 Å². The van der Waals surface area contributed by atoms with E-state index in [1.165, 1.54) is 4.90 Å². The molecule has 1 fully saturated rings. The highest BCUT2D eigenvalue weighted by atomic mass is 16.5. The van der Waals surface area contributed by atoms with E-state index in [1.807, 2.05) is 38.2 Å². The average Bonchev–Trinajstić information content (AvgIpc) is 2.40. The van der Waals surface area contributed by atoms with Crippen LogP contribution in [0.5, 0.6) is 0 Å². The second-order valence-corrected chi connectivity index (χ2v) is 4.59. The van der Waals surface area contributed by atoms with Gasteiger partial charge in [0.1, 0.15) is 13.2 Å². The zero-order valence-corrected chi connectivity index (χ0v) is 11.2. The van der Waals surface area contributed by atoms with Gasteiger partial charge in [0.2, 0.25) is 0 Å². The van der Waals surface area contributed by atoms with Crippen molar-refractivity contribution in [1.29, 1.82) is 0 Å². The minimum absolute atomic E-state index is 0.0179. The molecule has 1 saturated heterocycles. The number of hydrogen-bond donors (Lipinski definition) is 1. The largest absolute Gasteiger partial charge is 0.362 e. The average molecular weight is 262 g/mol. The number of rotatable bonds is 4. The fourth-order valence-electron chi connectivity index (χ4n) is 2.23. The highest BCUT2D eigenvalue weighted by Gasteiger charge is 2.29. The lowest BCUT2D eigenvalue weighted by atomic mass is 10.0. The third-order valence-electron chi connectivity index (χ3n) is 3.33. The van der Waals surface area contributed by atoms with Gasteiger partial charge in [0.15, 0.2) is 0 Å². The number of amides is 2. The quantitative estimate of drug-likeness (QED) is 0.809. The molecule has 0 bridgehead atoms. The summed E-state index contributed by atoms with van der Waals surface area (Å²) >= 11 is 0. The number of morpholine rings is 1. The Kier molecular flexibility index (Phi) is 4.29. The molecule has 1 atom stereocenters. The maximum Gasteiger partial charge on any atom is 0.255 e. The SMILES string of the molecule is CNC(CN1C(=O)COCC1=O)c1ccccc1C. The molecule has 1 unspecified atom stereocenters. The topological polar surface area (TPSA) is 58.6 Å². The number of aryl methyl sites for hydroxylation is 1. The van der Waals surface area contributed by atoms with Gasteiger partial charge >= 0.3 is 0 Å². The maximum absolute atomic E-state index is 11.7. The summed E-state index contributed by atoms with van der Waals surface area (Å²) in [6, 6.07) is 7.88. The Labute approximate surface area is 112 Å². The first kappa shape index (κ1) is 13.7. The van der Waals surface area contributed by atoms with Gasteiger partial charge in [-0.05, 0) is 25.1 Å². The third kappa shape index (κ3) is 3.00. The van der Waals surface area contributed by atoms with Gasteiger partial charge in [-0.25, -0.2) is 0 Å². The summed E-state index contributed by atoms with van der Waals surface area (Å²) in [6.45, 7) is 2.32. The Morgan fingerprint density at radius 2 is 1.89 bits per heavy atom. The Balaban J connectivity index is 2.17. The molecule has 5 heteroatoms. The standard InChI is InChI=1S/C14H18N2O3/c1-10-5-3-4-6-11(10)12(15-2)7-16-13(17)8-19-9-14(16)18/h3-6,12,15H,7-9H2,1-2H3. The summed E-state index contributed by atoms with van der Waals surface area (Å²) < 4.78 is 4.91. The molecule has 102 valence electrons. The van der Waals surface area contributed by atoms with Crippen LogP contribution in [-0.2, 0) is 14.3 Å². The van der Waals surface area contributed by atoms with Gasteiger partial charge < -0.3 is 10.1 Å². The van der Waals surface area contributed by atoms with E-state index in [4.69, 9.17) is 4.74 Å². The molecule has 0 aromatic heterocycles. The second-order valence-electron chi connectivity index (χ2n) is 4.59. The van der Waals surface area contributed by atoms with E-state index >= 15 is 0 Å². The van der Waals surface area contributed by atoms with Crippen molar-refractivity contribution in [3.63, 3.8) is 0 Å². The Bertz CT molecular complexity index is 471. The molecule has 2 rings (SSSR count). The van der Waals surface area contributed by atoms with Crippen LogP contribution >= 0.6 is 0 Å². The van der Waals surface area contributed by atoms with Crippen molar-refractivity contribution in [1.82, 2.24) is 10.2 Å². The van der Waals surface area contributed by atoms with E-state index < -0.39 is 0 Å². The van der Waals surface area contributed by atoms with Crippen molar-refractivity contribution in [2.75, 3.05) is 26.8 Å². The molecule has 1 aromatic carbocycles. The molecule has 0 spiro atoms. The lowest BCUT2D eigenvalue weighted by Gasteiger charge is -2.29. The highest BCUT2D eigenvalue weighted by molar-refractivity contribution is 5.98. The summed E-state index contributed by atoms with van der Waals surface area (Å²) in [5.74, 6) is -0.546. The van der Waals surface area contributed by atoms with Crippen LogP contribution in [-0.4, -0.2) is 43.5 Å². The summed E-state index contributed by atoms with van der Waals surface area (Å²) in [7, 11) is 1.83. The summed E-state index contributed by atoms with van der Waals surface area (Å²) in [5.41, 5.74) is 2.23. The number of hydrogen-bond acceptors (Lipinski definition) is 4. The molecule has 1 N–H and O–H groups in total. The molecule has 5 nitrogen and oxygen atoms in total. The van der Waals surface area contributed by atoms with Gasteiger partial charge in [-0.1, -0.05) is 24.3 Å². The predicted molar refractivity (Wildman–Crippen MR) is 70.5 cm³/mol. The molecule has 1 aliphatic heterocycles. The Hall–Kier alpha value is -1.72. The highest BCUT2D eigenvalue weighted by Crippen LogP contribution is 2.19. The van der Waals surface area contributed by atoms with Crippen molar-refractivity contribution in [3.8, 4) is 0 Å². The minimum atomic E-state index is -0.273. The number of imide groups is 1. The van der Waals surface area contributed by atoms with Crippen LogP contribution in [0.4, 0.5) is 0 Å². The van der Waals surface area contributed by atoms with Crippen LogP contribution < -0.4 is 5.32 Å². The number of carbonyl (C=O) groups is 2. The molecule has 2 amide bonds. The number of benzene rings is 1. The molecule has 1 aromatic rings. The predicted octanol–water partition coefficient (Wildman–Crippen LogP) is 0.641.